The SMILES string of the molecule is CC(C)(C)OC(=O)N1[C@@H](C2CC2CO)COC1(C)C. The van der Waals surface area contributed by atoms with E-state index in [-0.39, 0.29) is 18.7 Å². The first kappa shape index (κ1) is 14.6. The first-order valence-electron chi connectivity index (χ1n) is 6.93. The number of carbonyl (C=O) groups excluding carboxylic acids is 1. The van der Waals surface area contributed by atoms with Gasteiger partial charge in [-0.3, -0.25) is 4.90 Å². The smallest absolute Gasteiger partial charge is 0.412 e. The third-order valence-electron chi connectivity index (χ3n) is 3.82. The van der Waals surface area contributed by atoms with E-state index in [1.165, 1.54) is 0 Å². The monoisotopic (exact) mass is 271 g/mol. The van der Waals surface area contributed by atoms with Crippen LogP contribution in [-0.2, 0) is 9.47 Å². The van der Waals surface area contributed by atoms with Gasteiger partial charge in [0, 0.05) is 6.61 Å². The molecule has 1 aliphatic carbocycles. The quantitative estimate of drug-likeness (QED) is 0.834. The zero-order valence-corrected chi connectivity index (χ0v) is 12.5. The molecule has 1 N–H and O–H groups in total. The molecule has 0 aromatic carbocycles. The molecule has 0 bridgehead atoms. The van der Waals surface area contributed by atoms with Crippen LogP contribution < -0.4 is 0 Å². The zero-order valence-electron chi connectivity index (χ0n) is 12.5. The van der Waals surface area contributed by atoms with Crippen molar-refractivity contribution < 1.29 is 19.4 Å². The Morgan fingerprint density at radius 2 is 2.11 bits per heavy atom. The fourth-order valence-electron chi connectivity index (χ4n) is 2.77. The van der Waals surface area contributed by atoms with Crippen molar-refractivity contribution >= 4 is 6.09 Å². The van der Waals surface area contributed by atoms with Gasteiger partial charge in [0.1, 0.15) is 11.3 Å². The van der Waals surface area contributed by atoms with Gasteiger partial charge in [0.2, 0.25) is 0 Å². The highest BCUT2D eigenvalue weighted by molar-refractivity contribution is 5.70. The van der Waals surface area contributed by atoms with Crippen LogP contribution >= 0.6 is 0 Å². The molecule has 0 radical (unpaired) electrons. The third-order valence-corrected chi connectivity index (χ3v) is 3.82. The van der Waals surface area contributed by atoms with E-state index in [1.807, 2.05) is 34.6 Å². The topological polar surface area (TPSA) is 59.0 Å². The molecule has 0 aromatic rings. The first-order chi connectivity index (χ1) is 8.65. The first-order valence-corrected chi connectivity index (χ1v) is 6.93. The van der Waals surface area contributed by atoms with Gasteiger partial charge in [-0.2, -0.15) is 0 Å². The predicted octanol–water partition coefficient (Wildman–Crippen LogP) is 1.99. The Kier molecular flexibility index (Phi) is 3.56. The molecule has 1 amide bonds. The highest BCUT2D eigenvalue weighted by Crippen LogP contribution is 2.47. The molecule has 1 saturated heterocycles. The van der Waals surface area contributed by atoms with Crippen molar-refractivity contribution in [3.8, 4) is 0 Å². The number of aliphatic hydroxyl groups is 1. The average Bonchev–Trinajstić information content (AvgIpc) is 2.93. The maximum atomic E-state index is 12.4. The van der Waals surface area contributed by atoms with Gasteiger partial charge in [-0.05, 0) is 52.9 Å². The summed E-state index contributed by atoms with van der Waals surface area (Å²) in [5.74, 6) is 0.631. The zero-order chi connectivity index (χ0) is 14.4. The molecule has 2 unspecified atom stereocenters. The van der Waals surface area contributed by atoms with Crippen molar-refractivity contribution in [2.24, 2.45) is 11.8 Å². The molecule has 110 valence electrons. The number of hydrogen-bond donors (Lipinski definition) is 1. The molecule has 5 heteroatoms. The van der Waals surface area contributed by atoms with E-state index in [1.54, 1.807) is 4.90 Å². The summed E-state index contributed by atoms with van der Waals surface area (Å²) in [7, 11) is 0. The van der Waals surface area contributed by atoms with Crippen LogP contribution in [0.4, 0.5) is 4.79 Å². The highest BCUT2D eigenvalue weighted by atomic mass is 16.6. The fourth-order valence-corrected chi connectivity index (χ4v) is 2.77. The van der Waals surface area contributed by atoms with Crippen LogP contribution in [0.25, 0.3) is 0 Å². The number of nitrogens with zero attached hydrogens (tertiary/aromatic N) is 1. The Morgan fingerprint density at radius 3 is 2.58 bits per heavy atom. The summed E-state index contributed by atoms with van der Waals surface area (Å²) < 4.78 is 11.2. The molecule has 0 aromatic heterocycles. The van der Waals surface area contributed by atoms with Gasteiger partial charge in [-0.15, -0.1) is 0 Å². The molecule has 19 heavy (non-hydrogen) atoms. The van der Waals surface area contributed by atoms with E-state index in [9.17, 15) is 9.90 Å². The van der Waals surface area contributed by atoms with Gasteiger partial charge in [0.15, 0.2) is 0 Å². The maximum Gasteiger partial charge on any atom is 0.412 e. The van der Waals surface area contributed by atoms with Crippen molar-refractivity contribution in [2.45, 2.75) is 58.4 Å². The third kappa shape index (κ3) is 3.03. The van der Waals surface area contributed by atoms with Crippen LogP contribution in [0.1, 0.15) is 41.0 Å². The summed E-state index contributed by atoms with van der Waals surface area (Å²) in [4.78, 5) is 14.1. The van der Waals surface area contributed by atoms with E-state index in [4.69, 9.17) is 9.47 Å². The van der Waals surface area contributed by atoms with Gasteiger partial charge in [-0.1, -0.05) is 0 Å². The Labute approximate surface area is 114 Å². The van der Waals surface area contributed by atoms with Crippen molar-refractivity contribution in [3.63, 3.8) is 0 Å². The maximum absolute atomic E-state index is 12.4. The van der Waals surface area contributed by atoms with Gasteiger partial charge in [-0.25, -0.2) is 4.79 Å². The Morgan fingerprint density at radius 1 is 1.47 bits per heavy atom. The summed E-state index contributed by atoms with van der Waals surface area (Å²) in [5.41, 5.74) is -1.16. The predicted molar refractivity (Wildman–Crippen MR) is 70.6 cm³/mol. The summed E-state index contributed by atoms with van der Waals surface area (Å²) in [6.45, 7) is 10.0. The second kappa shape index (κ2) is 4.63. The average molecular weight is 271 g/mol. The second-order valence-electron chi connectivity index (χ2n) is 7.02. The number of ether oxygens (including phenoxy) is 2. The van der Waals surface area contributed by atoms with Gasteiger partial charge in [0.25, 0.3) is 0 Å². The fraction of sp³-hybridized carbons (Fsp3) is 0.929. The van der Waals surface area contributed by atoms with Gasteiger partial charge in [0.05, 0.1) is 12.6 Å². The Balaban J connectivity index is 2.11. The van der Waals surface area contributed by atoms with E-state index < -0.39 is 11.3 Å². The minimum Gasteiger partial charge on any atom is -0.444 e. The standard InChI is InChI=1S/C14H25NO4/c1-13(2,3)19-12(17)15-11(8-18-14(15,4)5)10-6-9(10)7-16/h9-11,16H,6-8H2,1-5H3/t9?,10?,11-/m1/s1. The van der Waals surface area contributed by atoms with Gasteiger partial charge < -0.3 is 14.6 Å². The second-order valence-corrected chi connectivity index (χ2v) is 7.02. The molecule has 1 heterocycles. The minimum atomic E-state index is -0.643. The molecular weight excluding hydrogens is 246 g/mol. The van der Waals surface area contributed by atoms with Crippen molar-refractivity contribution in [2.75, 3.05) is 13.2 Å². The largest absolute Gasteiger partial charge is 0.444 e. The van der Waals surface area contributed by atoms with Crippen LogP contribution in [0.5, 0.6) is 0 Å². The van der Waals surface area contributed by atoms with E-state index in [0.717, 1.165) is 6.42 Å². The molecular formula is C14H25NO4. The van der Waals surface area contributed by atoms with Crippen molar-refractivity contribution in [1.82, 2.24) is 4.90 Å². The van der Waals surface area contributed by atoms with Crippen LogP contribution in [0, 0.1) is 11.8 Å². The van der Waals surface area contributed by atoms with Crippen LogP contribution in [0.15, 0.2) is 0 Å². The molecule has 2 rings (SSSR count). The lowest BCUT2D eigenvalue weighted by Gasteiger charge is -2.35. The highest BCUT2D eigenvalue weighted by Gasteiger charge is 2.54. The van der Waals surface area contributed by atoms with Gasteiger partial charge >= 0.3 is 6.09 Å². The summed E-state index contributed by atoms with van der Waals surface area (Å²) in [5, 5.41) is 9.20. The molecule has 0 spiro atoms. The van der Waals surface area contributed by atoms with E-state index >= 15 is 0 Å². The van der Waals surface area contributed by atoms with Crippen LogP contribution in [-0.4, -0.2) is 46.7 Å². The van der Waals surface area contributed by atoms with E-state index in [2.05, 4.69) is 0 Å². The molecule has 3 atom stereocenters. The summed E-state index contributed by atoms with van der Waals surface area (Å²) in [6.07, 6.45) is 0.628. The van der Waals surface area contributed by atoms with Crippen LogP contribution in [0.2, 0.25) is 0 Å². The Bertz CT molecular complexity index is 361. The number of carbonyl (C=O) groups is 1. The number of hydrogen-bond acceptors (Lipinski definition) is 4. The molecule has 2 fully saturated rings. The number of rotatable bonds is 2. The van der Waals surface area contributed by atoms with Crippen molar-refractivity contribution in [3.05, 3.63) is 0 Å². The lowest BCUT2D eigenvalue weighted by atomic mass is 10.1. The summed E-state index contributed by atoms with van der Waals surface area (Å²) in [6, 6.07) is 0.0157. The lowest BCUT2D eigenvalue weighted by molar-refractivity contribution is -0.0634. The molecule has 1 aliphatic heterocycles. The molecule has 2 aliphatic rings. The van der Waals surface area contributed by atoms with E-state index in [0.29, 0.717) is 18.4 Å². The Hall–Kier alpha value is -0.810. The number of aliphatic hydroxyl groups excluding tert-OH is 1. The normalized spacial score (nSPS) is 33.4. The lowest BCUT2D eigenvalue weighted by Crippen LogP contribution is -2.50. The minimum absolute atomic E-state index is 0.0157. The van der Waals surface area contributed by atoms with Crippen LogP contribution in [0.3, 0.4) is 0 Å². The summed E-state index contributed by atoms with van der Waals surface area (Å²) >= 11 is 0. The molecule has 5 nitrogen and oxygen atoms in total. The molecule has 1 saturated carbocycles. The van der Waals surface area contributed by atoms with Crippen molar-refractivity contribution in [1.29, 1.82) is 0 Å². The number of amides is 1.